The highest BCUT2D eigenvalue weighted by atomic mass is 16.5. The van der Waals surface area contributed by atoms with Gasteiger partial charge in [0.25, 0.3) is 0 Å². The van der Waals surface area contributed by atoms with Gasteiger partial charge in [0.1, 0.15) is 32.8 Å². The second-order valence-corrected chi connectivity index (χ2v) is 9.89. The first-order valence-electron chi connectivity index (χ1n) is 13.2. The average molecular weight is 647 g/mol. The van der Waals surface area contributed by atoms with Gasteiger partial charge in [-0.2, -0.15) is 0 Å². The third-order valence-corrected chi connectivity index (χ3v) is 5.87. The molecule has 45 heavy (non-hydrogen) atoms. The molecule has 21 nitrogen and oxygen atoms in total. The number of ether oxygens (including phenoxy) is 4. The van der Waals surface area contributed by atoms with Crippen molar-refractivity contribution in [2.24, 2.45) is 0 Å². The van der Waals surface area contributed by atoms with Gasteiger partial charge in [0.05, 0.1) is 45.6 Å². The predicted octanol–water partition coefficient (Wildman–Crippen LogP) is -5.97. The van der Waals surface area contributed by atoms with E-state index in [4.69, 9.17) is 14.2 Å². The zero-order valence-corrected chi connectivity index (χ0v) is 25.0. The molecule has 0 bridgehead atoms. The first kappa shape index (κ1) is 36.3. The number of rotatable bonds is 16. The molecule has 2 aromatic rings. The lowest BCUT2D eigenvalue weighted by molar-refractivity contribution is -0.150. The molecule has 0 fully saturated rings. The number of esters is 3. The molecule has 0 saturated heterocycles. The molecule has 250 valence electrons. The minimum Gasteiger partial charge on any atom is -0.468 e. The standard InChI is InChI=1S/C24H34N6O15/c1-24(2,41)14-45-17(34)13-30-22(39)28(11-15(32)43-4)21(38)29(23(30)40)12-16(33)44-10-7-27-19(36)25(5-8-31)18(35)26(20(27)37)6-9-42-3/h31,41H,5-14H2,1-4H3. The molecule has 0 saturated carbocycles. The maximum atomic E-state index is 13.0. The summed E-state index contributed by atoms with van der Waals surface area (Å²) >= 11 is 0. The molecule has 0 aromatic carbocycles. The third-order valence-electron chi connectivity index (χ3n) is 5.87. The molecule has 2 N–H and O–H groups in total. The highest BCUT2D eigenvalue weighted by molar-refractivity contribution is 5.70. The van der Waals surface area contributed by atoms with Crippen LogP contribution in [0.25, 0.3) is 0 Å². The first-order valence-corrected chi connectivity index (χ1v) is 13.2. The maximum Gasteiger partial charge on any atom is 0.337 e. The van der Waals surface area contributed by atoms with Crippen LogP contribution in [0.15, 0.2) is 28.8 Å². The van der Waals surface area contributed by atoms with E-state index in [0.29, 0.717) is 13.7 Å². The van der Waals surface area contributed by atoms with E-state index in [-0.39, 0.29) is 26.9 Å². The van der Waals surface area contributed by atoms with Gasteiger partial charge in [0.15, 0.2) is 0 Å². The summed E-state index contributed by atoms with van der Waals surface area (Å²) in [4.78, 5) is 114. The molecule has 0 unspecified atom stereocenters. The van der Waals surface area contributed by atoms with Crippen molar-refractivity contribution in [3.63, 3.8) is 0 Å². The summed E-state index contributed by atoms with van der Waals surface area (Å²) < 4.78 is 21.6. The van der Waals surface area contributed by atoms with Gasteiger partial charge < -0.3 is 29.2 Å². The van der Waals surface area contributed by atoms with Crippen LogP contribution < -0.4 is 34.1 Å². The summed E-state index contributed by atoms with van der Waals surface area (Å²) in [5.41, 5.74) is -8.88. The average Bonchev–Trinajstić information content (AvgIpc) is 2.98. The fourth-order valence-electron chi connectivity index (χ4n) is 3.68. The summed E-state index contributed by atoms with van der Waals surface area (Å²) in [6.45, 7) is -3.68. The van der Waals surface area contributed by atoms with E-state index in [1.807, 2.05) is 0 Å². The van der Waals surface area contributed by atoms with Crippen molar-refractivity contribution in [1.29, 1.82) is 0 Å². The quantitative estimate of drug-likeness (QED) is 0.127. The van der Waals surface area contributed by atoms with Gasteiger partial charge in [-0.3, -0.25) is 14.4 Å². The number of methoxy groups -OCH3 is 2. The van der Waals surface area contributed by atoms with Gasteiger partial charge in [-0.25, -0.2) is 56.2 Å². The normalized spacial score (nSPS) is 11.3. The topological polar surface area (TPSA) is 261 Å². The molecular formula is C24H34N6O15. The summed E-state index contributed by atoms with van der Waals surface area (Å²) in [6, 6.07) is 0. The second kappa shape index (κ2) is 15.7. The highest BCUT2D eigenvalue weighted by Gasteiger charge is 2.23. The lowest BCUT2D eigenvalue weighted by Crippen LogP contribution is -2.56. The molecule has 0 radical (unpaired) electrons. The number of nitrogens with zero attached hydrogens (tertiary/aromatic N) is 6. The summed E-state index contributed by atoms with van der Waals surface area (Å²) in [7, 11) is 2.28. The number of hydrogen-bond acceptors (Lipinski definition) is 15. The van der Waals surface area contributed by atoms with E-state index in [2.05, 4.69) is 4.74 Å². The van der Waals surface area contributed by atoms with Crippen molar-refractivity contribution < 1.29 is 43.5 Å². The lowest BCUT2D eigenvalue weighted by atomic mass is 10.2. The number of aliphatic hydroxyl groups is 2. The van der Waals surface area contributed by atoms with Crippen molar-refractivity contribution in [3.8, 4) is 0 Å². The Morgan fingerprint density at radius 1 is 0.600 bits per heavy atom. The Kier molecular flexibility index (Phi) is 12.7. The van der Waals surface area contributed by atoms with Crippen LogP contribution in [-0.4, -0.2) is 102 Å². The molecule has 0 atom stereocenters. The minimum atomic E-state index is -1.45. The Morgan fingerprint density at radius 3 is 1.38 bits per heavy atom. The molecular weight excluding hydrogens is 612 g/mol. The Labute approximate surface area is 251 Å². The van der Waals surface area contributed by atoms with Gasteiger partial charge in [-0.1, -0.05) is 0 Å². The Hall–Kier alpha value is -4.89. The highest BCUT2D eigenvalue weighted by Crippen LogP contribution is 2.01. The first-order chi connectivity index (χ1) is 21.1. The Balaban J connectivity index is 2.39. The van der Waals surface area contributed by atoms with Crippen molar-refractivity contribution in [1.82, 2.24) is 27.4 Å². The number of hydrogen-bond donors (Lipinski definition) is 2. The van der Waals surface area contributed by atoms with Crippen molar-refractivity contribution in [3.05, 3.63) is 62.9 Å². The molecule has 0 amide bonds. The molecule has 0 aliphatic rings. The molecule has 2 heterocycles. The lowest BCUT2D eigenvalue weighted by Gasteiger charge is -2.17. The van der Waals surface area contributed by atoms with E-state index in [9.17, 15) is 53.4 Å². The monoisotopic (exact) mass is 646 g/mol. The van der Waals surface area contributed by atoms with Crippen molar-refractivity contribution >= 4 is 17.9 Å². The van der Waals surface area contributed by atoms with Crippen LogP contribution in [0.2, 0.25) is 0 Å². The fourth-order valence-corrected chi connectivity index (χ4v) is 3.68. The summed E-state index contributed by atoms with van der Waals surface area (Å²) in [5, 5.41) is 19.0. The smallest absolute Gasteiger partial charge is 0.337 e. The zero-order chi connectivity index (χ0) is 34.1. The van der Waals surface area contributed by atoms with Gasteiger partial charge in [-0.05, 0) is 13.8 Å². The summed E-state index contributed by atoms with van der Waals surface area (Å²) in [6.07, 6.45) is 0. The largest absolute Gasteiger partial charge is 0.468 e. The second-order valence-electron chi connectivity index (χ2n) is 9.89. The van der Waals surface area contributed by atoms with Gasteiger partial charge >= 0.3 is 52.0 Å². The van der Waals surface area contributed by atoms with E-state index in [0.717, 1.165) is 7.11 Å². The zero-order valence-electron chi connectivity index (χ0n) is 25.0. The SMILES string of the molecule is COCCn1c(=O)n(CCO)c(=O)n(CCOC(=O)Cn2c(=O)n(CC(=O)OC)c(=O)n(CC(=O)OCC(C)(C)O)c2=O)c1=O. The molecule has 0 spiro atoms. The van der Waals surface area contributed by atoms with Crippen molar-refractivity contribution in [2.75, 3.05) is 40.6 Å². The van der Waals surface area contributed by atoms with E-state index >= 15 is 0 Å². The number of carbonyl (C=O) groups excluding carboxylic acids is 3. The molecule has 2 rings (SSSR count). The van der Waals surface area contributed by atoms with E-state index in [1.165, 1.54) is 21.0 Å². The molecule has 0 aliphatic carbocycles. The number of aromatic nitrogens is 6. The van der Waals surface area contributed by atoms with Crippen LogP contribution in [0.3, 0.4) is 0 Å². The Morgan fingerprint density at radius 2 is 0.978 bits per heavy atom. The van der Waals surface area contributed by atoms with Crippen molar-refractivity contribution in [2.45, 2.75) is 58.7 Å². The van der Waals surface area contributed by atoms with Gasteiger partial charge in [0, 0.05) is 7.11 Å². The van der Waals surface area contributed by atoms with Gasteiger partial charge in [0.2, 0.25) is 0 Å². The fraction of sp³-hybridized carbons (Fsp3) is 0.625. The third kappa shape index (κ3) is 9.30. The van der Waals surface area contributed by atoms with Crippen LogP contribution in [0, 0.1) is 0 Å². The number of carbonyl (C=O) groups is 3. The van der Waals surface area contributed by atoms with Crippen LogP contribution in [0.1, 0.15) is 13.8 Å². The van der Waals surface area contributed by atoms with Crippen LogP contribution in [0.5, 0.6) is 0 Å². The van der Waals surface area contributed by atoms with Crippen LogP contribution >= 0.6 is 0 Å². The minimum absolute atomic E-state index is 0.0665. The molecule has 0 aliphatic heterocycles. The van der Waals surface area contributed by atoms with E-state index in [1.54, 1.807) is 0 Å². The van der Waals surface area contributed by atoms with Crippen LogP contribution in [-0.2, 0) is 72.6 Å². The number of aliphatic hydroxyl groups excluding tert-OH is 1. The predicted molar refractivity (Wildman–Crippen MR) is 148 cm³/mol. The maximum absolute atomic E-state index is 13.0. The molecule has 21 heteroatoms. The van der Waals surface area contributed by atoms with Gasteiger partial charge in [-0.15, -0.1) is 0 Å². The van der Waals surface area contributed by atoms with Crippen LogP contribution in [0.4, 0.5) is 0 Å². The van der Waals surface area contributed by atoms with E-state index < -0.39 is 110 Å². The Bertz CT molecular complexity index is 1770. The summed E-state index contributed by atoms with van der Waals surface area (Å²) in [5.74, 6) is -3.52. The molecule has 2 aromatic heterocycles.